The maximum absolute atomic E-state index is 12.7. The van der Waals surface area contributed by atoms with E-state index < -0.39 is 18.0 Å². The van der Waals surface area contributed by atoms with Crippen LogP contribution in [0.4, 0.5) is 5.95 Å². The Morgan fingerprint density at radius 1 is 1.31 bits per heavy atom. The number of allylic oxidation sites excluding steroid dienone is 1. The maximum atomic E-state index is 12.7. The molecule has 0 aliphatic carbocycles. The van der Waals surface area contributed by atoms with Gasteiger partial charge in [-0.1, -0.05) is 30.6 Å². The highest BCUT2D eigenvalue weighted by Crippen LogP contribution is 2.34. The van der Waals surface area contributed by atoms with Crippen molar-refractivity contribution in [1.82, 2.24) is 20.2 Å². The summed E-state index contributed by atoms with van der Waals surface area (Å²) in [6.07, 6.45) is 1.69. The Bertz CT molecular complexity index is 856. The second kappa shape index (κ2) is 7.34. The lowest BCUT2D eigenvalue weighted by molar-refractivity contribution is -0.139. The van der Waals surface area contributed by atoms with E-state index in [9.17, 15) is 9.59 Å². The van der Waals surface area contributed by atoms with Crippen molar-refractivity contribution in [3.63, 3.8) is 0 Å². The van der Waals surface area contributed by atoms with Crippen LogP contribution in [0, 0.1) is 0 Å². The Labute approximate surface area is 149 Å². The summed E-state index contributed by atoms with van der Waals surface area (Å²) < 4.78 is 6.87. The molecule has 26 heavy (non-hydrogen) atoms. The van der Waals surface area contributed by atoms with Crippen molar-refractivity contribution in [2.45, 2.75) is 32.7 Å². The smallest absolute Gasteiger partial charge is 0.338 e. The number of tetrazole rings is 1. The van der Waals surface area contributed by atoms with E-state index in [2.05, 4.69) is 20.8 Å². The van der Waals surface area contributed by atoms with Crippen LogP contribution in [0.15, 0.2) is 35.5 Å². The lowest BCUT2D eigenvalue weighted by Crippen LogP contribution is -2.29. The molecule has 9 heteroatoms. The van der Waals surface area contributed by atoms with Crippen LogP contribution in [0.3, 0.4) is 0 Å². The number of carboxylic acid groups (broad SMARTS) is 1. The van der Waals surface area contributed by atoms with Crippen LogP contribution in [0.1, 0.15) is 48.7 Å². The number of unbranched alkanes of at least 4 members (excludes halogenated alkanes) is 1. The molecule has 0 unspecified atom stereocenters. The third-order valence-corrected chi connectivity index (χ3v) is 4.14. The summed E-state index contributed by atoms with van der Waals surface area (Å²) in [6, 6.07) is 5.67. The van der Waals surface area contributed by atoms with Gasteiger partial charge in [0.1, 0.15) is 6.04 Å². The number of anilines is 1. The maximum Gasteiger partial charge on any atom is 0.338 e. The van der Waals surface area contributed by atoms with Gasteiger partial charge >= 0.3 is 11.9 Å². The molecule has 0 radical (unpaired) electrons. The van der Waals surface area contributed by atoms with E-state index in [4.69, 9.17) is 9.84 Å². The van der Waals surface area contributed by atoms with Gasteiger partial charge in [-0.05, 0) is 41.5 Å². The van der Waals surface area contributed by atoms with Crippen LogP contribution >= 0.6 is 0 Å². The molecule has 1 aromatic carbocycles. The van der Waals surface area contributed by atoms with Crippen LogP contribution in [0.5, 0.6) is 0 Å². The van der Waals surface area contributed by atoms with Crippen molar-refractivity contribution in [1.29, 1.82) is 0 Å². The summed E-state index contributed by atoms with van der Waals surface area (Å²) >= 11 is 0. The fourth-order valence-corrected chi connectivity index (χ4v) is 2.78. The highest BCUT2D eigenvalue weighted by atomic mass is 16.5. The van der Waals surface area contributed by atoms with E-state index in [1.54, 1.807) is 19.1 Å². The molecule has 1 aliphatic rings. The van der Waals surface area contributed by atoms with Gasteiger partial charge in [0.2, 0.25) is 5.95 Å². The number of nitrogens with one attached hydrogen (secondary N) is 1. The molecule has 1 aliphatic heterocycles. The lowest BCUT2D eigenvalue weighted by atomic mass is 9.95. The number of carboxylic acids is 1. The van der Waals surface area contributed by atoms with Gasteiger partial charge in [-0.2, -0.15) is 4.68 Å². The Kier molecular flexibility index (Phi) is 4.97. The van der Waals surface area contributed by atoms with E-state index in [-0.39, 0.29) is 5.56 Å². The van der Waals surface area contributed by atoms with Gasteiger partial charge in [-0.15, -0.1) is 0 Å². The minimum Gasteiger partial charge on any atom is -0.478 e. The first kappa shape index (κ1) is 17.6. The van der Waals surface area contributed by atoms with Crippen molar-refractivity contribution in [3.05, 3.63) is 46.7 Å². The number of hydrogen-bond acceptors (Lipinski definition) is 7. The molecular formula is C17H19N5O4. The van der Waals surface area contributed by atoms with Crippen molar-refractivity contribution in [3.8, 4) is 0 Å². The topological polar surface area (TPSA) is 119 Å². The van der Waals surface area contributed by atoms with E-state index in [1.165, 1.54) is 16.8 Å². The van der Waals surface area contributed by atoms with E-state index in [0.29, 0.717) is 29.4 Å². The van der Waals surface area contributed by atoms with Crippen molar-refractivity contribution >= 4 is 17.9 Å². The van der Waals surface area contributed by atoms with Crippen molar-refractivity contribution in [2.24, 2.45) is 0 Å². The van der Waals surface area contributed by atoms with Gasteiger partial charge in [0.15, 0.2) is 0 Å². The predicted molar refractivity (Wildman–Crippen MR) is 91.5 cm³/mol. The number of fused-ring (bicyclic) bond motifs is 1. The van der Waals surface area contributed by atoms with Crippen LogP contribution in [0.25, 0.3) is 0 Å². The second-order valence-electron chi connectivity index (χ2n) is 5.93. The molecule has 0 fully saturated rings. The Morgan fingerprint density at radius 2 is 2.04 bits per heavy atom. The van der Waals surface area contributed by atoms with Crippen molar-refractivity contribution < 1.29 is 19.4 Å². The fraction of sp³-hybridized carbons (Fsp3) is 0.353. The number of nitrogens with zero attached hydrogens (tertiary/aromatic N) is 4. The van der Waals surface area contributed by atoms with Crippen LogP contribution in [-0.4, -0.2) is 43.9 Å². The number of carbonyl (C=O) groups is 2. The minimum atomic E-state index is -1.02. The summed E-state index contributed by atoms with van der Waals surface area (Å²) in [6.45, 7) is 4.10. The first-order valence-electron chi connectivity index (χ1n) is 8.29. The van der Waals surface area contributed by atoms with Crippen LogP contribution < -0.4 is 5.32 Å². The average Bonchev–Trinajstić information content (AvgIpc) is 3.08. The van der Waals surface area contributed by atoms with Gasteiger partial charge in [0, 0.05) is 5.70 Å². The molecule has 0 saturated carbocycles. The van der Waals surface area contributed by atoms with E-state index >= 15 is 0 Å². The van der Waals surface area contributed by atoms with Gasteiger partial charge in [-0.25, -0.2) is 9.59 Å². The number of ether oxygens (including phenoxy) is 1. The van der Waals surface area contributed by atoms with Gasteiger partial charge in [0.25, 0.3) is 0 Å². The second-order valence-corrected chi connectivity index (χ2v) is 5.93. The van der Waals surface area contributed by atoms with Gasteiger partial charge in [-0.3, -0.25) is 0 Å². The van der Waals surface area contributed by atoms with E-state index in [0.717, 1.165) is 12.8 Å². The molecule has 1 atom stereocenters. The Hall–Kier alpha value is -3.23. The zero-order valence-corrected chi connectivity index (χ0v) is 14.5. The number of aromatic nitrogens is 4. The standard InChI is InChI=1S/C17H19N5O4/c1-3-4-9-26-16(25)13-10(2)18-17-19-20-21-22(17)14(13)11-5-7-12(8-6-11)15(23)24/h5-8,14H,3-4,9H2,1-2H3,(H,23,24)(H,18,19,21)/t14-/m0/s1. The number of hydrogen-bond donors (Lipinski definition) is 2. The summed E-state index contributed by atoms with van der Waals surface area (Å²) in [5.74, 6) is -1.06. The SMILES string of the molecule is CCCCOC(=O)C1=C(C)Nc2nnnn2[C@H]1c1ccc(C(=O)O)cc1. The van der Waals surface area contributed by atoms with Gasteiger partial charge in [0.05, 0.1) is 17.7 Å². The normalized spacial score (nSPS) is 16.0. The third kappa shape index (κ3) is 3.28. The number of esters is 1. The summed E-state index contributed by atoms with van der Waals surface area (Å²) in [5, 5.41) is 23.6. The van der Waals surface area contributed by atoms with Gasteiger partial charge < -0.3 is 15.2 Å². The zero-order chi connectivity index (χ0) is 18.7. The van der Waals surface area contributed by atoms with Crippen LogP contribution in [-0.2, 0) is 9.53 Å². The average molecular weight is 357 g/mol. The summed E-state index contributed by atoms with van der Waals surface area (Å²) in [5.41, 5.74) is 1.84. The predicted octanol–water partition coefficient (Wildman–Crippen LogP) is 2.00. The molecule has 2 heterocycles. The molecular weight excluding hydrogens is 338 g/mol. The molecule has 136 valence electrons. The summed E-state index contributed by atoms with van der Waals surface area (Å²) in [4.78, 5) is 23.8. The molecule has 9 nitrogen and oxygen atoms in total. The Balaban J connectivity index is 2.00. The molecule has 0 bridgehead atoms. The Morgan fingerprint density at radius 3 is 2.69 bits per heavy atom. The first-order valence-corrected chi connectivity index (χ1v) is 8.29. The molecule has 1 aromatic heterocycles. The third-order valence-electron chi connectivity index (χ3n) is 4.14. The first-order chi connectivity index (χ1) is 12.5. The molecule has 3 rings (SSSR count). The molecule has 0 saturated heterocycles. The fourth-order valence-electron chi connectivity index (χ4n) is 2.78. The van der Waals surface area contributed by atoms with Crippen LogP contribution in [0.2, 0.25) is 0 Å². The molecule has 0 amide bonds. The molecule has 2 aromatic rings. The molecule has 2 N–H and O–H groups in total. The quantitative estimate of drug-likeness (QED) is 0.595. The summed E-state index contributed by atoms with van der Waals surface area (Å²) in [7, 11) is 0. The highest BCUT2D eigenvalue weighted by Gasteiger charge is 2.34. The zero-order valence-electron chi connectivity index (χ0n) is 14.5. The highest BCUT2D eigenvalue weighted by molar-refractivity contribution is 5.92. The molecule has 0 spiro atoms. The number of benzene rings is 1. The number of rotatable bonds is 6. The number of carbonyl (C=O) groups excluding carboxylic acids is 1. The largest absolute Gasteiger partial charge is 0.478 e. The lowest BCUT2D eigenvalue weighted by Gasteiger charge is -2.27. The van der Waals surface area contributed by atoms with E-state index in [1.807, 2.05) is 6.92 Å². The number of aromatic carboxylic acids is 1. The van der Waals surface area contributed by atoms with Crippen molar-refractivity contribution in [2.75, 3.05) is 11.9 Å². The minimum absolute atomic E-state index is 0.160. The monoisotopic (exact) mass is 357 g/mol.